The molecule has 3 aliphatic rings. The fourth-order valence-corrected chi connectivity index (χ4v) is 5.54. The van der Waals surface area contributed by atoms with E-state index in [0.29, 0.717) is 18.4 Å². The molecular formula is C23H36N4O2. The van der Waals surface area contributed by atoms with Crippen LogP contribution >= 0.6 is 0 Å². The number of piperidine rings is 2. The maximum absolute atomic E-state index is 12.9. The molecule has 2 saturated heterocycles. The minimum absolute atomic E-state index is 0.108. The van der Waals surface area contributed by atoms with Crippen LogP contribution < -0.4 is 5.56 Å². The highest BCUT2D eigenvalue weighted by molar-refractivity contribution is 5.78. The lowest BCUT2D eigenvalue weighted by Crippen LogP contribution is -2.48. The van der Waals surface area contributed by atoms with Crippen LogP contribution in [0.15, 0.2) is 10.9 Å². The average molecular weight is 401 g/mol. The lowest BCUT2D eigenvalue weighted by Gasteiger charge is -2.38. The van der Waals surface area contributed by atoms with Gasteiger partial charge in [0.2, 0.25) is 5.91 Å². The fourth-order valence-electron chi connectivity index (χ4n) is 5.54. The van der Waals surface area contributed by atoms with Crippen molar-refractivity contribution >= 4 is 5.91 Å². The van der Waals surface area contributed by atoms with Crippen molar-refractivity contribution < 1.29 is 4.79 Å². The van der Waals surface area contributed by atoms with Crippen molar-refractivity contribution in [3.05, 3.63) is 27.9 Å². The van der Waals surface area contributed by atoms with Crippen molar-refractivity contribution in [2.24, 2.45) is 11.8 Å². The number of hydrogen-bond acceptors (Lipinski definition) is 4. The summed E-state index contributed by atoms with van der Waals surface area (Å²) >= 11 is 0. The van der Waals surface area contributed by atoms with Crippen LogP contribution in [0.2, 0.25) is 0 Å². The molecule has 0 saturated carbocycles. The summed E-state index contributed by atoms with van der Waals surface area (Å²) in [6, 6.07) is 1.76. The van der Waals surface area contributed by atoms with Crippen LogP contribution in [0.4, 0.5) is 0 Å². The van der Waals surface area contributed by atoms with Gasteiger partial charge in [-0.3, -0.25) is 19.1 Å². The fraction of sp³-hybridized carbons (Fsp3) is 0.783. The number of fused-ring (bicyclic) bond motifs is 1. The molecule has 1 aromatic rings. The number of aryl methyl sites for hydroxylation is 1. The highest BCUT2D eigenvalue weighted by Crippen LogP contribution is 2.26. The van der Waals surface area contributed by atoms with Gasteiger partial charge in [-0.2, -0.15) is 0 Å². The third-order valence-electron chi connectivity index (χ3n) is 6.89. The number of nitrogens with zero attached hydrogens (tertiary/aromatic N) is 4. The summed E-state index contributed by atoms with van der Waals surface area (Å²) in [5.74, 6) is 2.67. The summed E-state index contributed by atoms with van der Waals surface area (Å²) in [5, 5.41) is 0. The summed E-state index contributed by atoms with van der Waals surface area (Å²) in [4.78, 5) is 34.8. The van der Waals surface area contributed by atoms with Gasteiger partial charge in [-0.15, -0.1) is 0 Å². The molecule has 0 bridgehead atoms. The SMILES string of the molecule is C[C@@H]1C[C@@H](C)CN(C(=O)CN2CCC[C@H](c3cc(=O)n4c(n3)CCCCC4)C2)C1. The van der Waals surface area contributed by atoms with Gasteiger partial charge in [0.25, 0.3) is 5.56 Å². The van der Waals surface area contributed by atoms with E-state index < -0.39 is 0 Å². The van der Waals surface area contributed by atoms with E-state index in [4.69, 9.17) is 4.98 Å². The molecule has 29 heavy (non-hydrogen) atoms. The van der Waals surface area contributed by atoms with Gasteiger partial charge >= 0.3 is 0 Å². The molecule has 1 aromatic heterocycles. The second-order valence-corrected chi connectivity index (χ2v) is 9.72. The first kappa shape index (κ1) is 20.6. The Morgan fingerprint density at radius 2 is 1.86 bits per heavy atom. The second-order valence-electron chi connectivity index (χ2n) is 9.72. The van der Waals surface area contributed by atoms with Crippen LogP contribution in [-0.2, 0) is 17.8 Å². The number of rotatable bonds is 3. The molecular weight excluding hydrogens is 364 g/mol. The van der Waals surface area contributed by atoms with E-state index in [1.165, 1.54) is 12.8 Å². The molecule has 2 fully saturated rings. The van der Waals surface area contributed by atoms with E-state index in [9.17, 15) is 9.59 Å². The van der Waals surface area contributed by atoms with Gasteiger partial charge in [-0.05, 0) is 50.5 Å². The average Bonchev–Trinajstić information content (AvgIpc) is 2.93. The van der Waals surface area contributed by atoms with E-state index in [-0.39, 0.29) is 17.4 Å². The van der Waals surface area contributed by atoms with E-state index >= 15 is 0 Å². The first-order valence-electron chi connectivity index (χ1n) is 11.6. The number of likely N-dealkylation sites (tertiary alicyclic amines) is 2. The van der Waals surface area contributed by atoms with Crippen LogP contribution in [-0.4, -0.2) is 58.0 Å². The minimum atomic E-state index is 0.108. The van der Waals surface area contributed by atoms with Crippen LogP contribution in [0, 0.1) is 11.8 Å². The highest BCUT2D eigenvalue weighted by Gasteiger charge is 2.29. The Kier molecular flexibility index (Phi) is 6.38. The Morgan fingerprint density at radius 3 is 2.66 bits per heavy atom. The molecule has 0 radical (unpaired) electrons. The molecule has 3 aliphatic heterocycles. The van der Waals surface area contributed by atoms with Crippen molar-refractivity contribution in [3.63, 3.8) is 0 Å². The monoisotopic (exact) mass is 400 g/mol. The van der Waals surface area contributed by atoms with E-state index in [1.807, 2.05) is 4.57 Å². The Morgan fingerprint density at radius 1 is 1.07 bits per heavy atom. The van der Waals surface area contributed by atoms with Gasteiger partial charge < -0.3 is 4.90 Å². The Balaban J connectivity index is 1.42. The molecule has 0 aromatic carbocycles. The summed E-state index contributed by atoms with van der Waals surface area (Å²) < 4.78 is 1.87. The standard InChI is InChI=1S/C23H36N4O2/c1-17-11-18(2)14-26(13-17)23(29)16-25-9-6-7-19(15-25)20-12-22(28)27-10-5-3-4-8-21(27)24-20/h12,17-19H,3-11,13-16H2,1-2H3/t17-,18-,19+/m1/s1. The first-order valence-corrected chi connectivity index (χ1v) is 11.6. The molecule has 3 atom stereocenters. The molecule has 0 aliphatic carbocycles. The summed E-state index contributed by atoms with van der Waals surface area (Å²) in [5.41, 5.74) is 1.05. The quantitative estimate of drug-likeness (QED) is 0.783. The van der Waals surface area contributed by atoms with E-state index in [2.05, 4.69) is 23.6 Å². The van der Waals surface area contributed by atoms with Crippen LogP contribution in [0.3, 0.4) is 0 Å². The molecule has 0 unspecified atom stereocenters. The highest BCUT2D eigenvalue weighted by atomic mass is 16.2. The normalized spacial score (nSPS) is 28.6. The van der Waals surface area contributed by atoms with Crippen molar-refractivity contribution in [1.82, 2.24) is 19.4 Å². The molecule has 0 N–H and O–H groups in total. The molecule has 160 valence electrons. The van der Waals surface area contributed by atoms with Gasteiger partial charge in [0.1, 0.15) is 5.82 Å². The van der Waals surface area contributed by atoms with Crippen molar-refractivity contribution in [2.45, 2.75) is 71.3 Å². The number of carbonyl (C=O) groups is 1. The first-order chi connectivity index (χ1) is 14.0. The molecule has 4 heterocycles. The summed E-state index contributed by atoms with van der Waals surface area (Å²) in [6.07, 6.45) is 7.60. The molecule has 4 rings (SSSR count). The lowest BCUT2D eigenvalue weighted by molar-refractivity contribution is -0.135. The lowest BCUT2D eigenvalue weighted by atomic mass is 9.91. The van der Waals surface area contributed by atoms with Crippen molar-refractivity contribution in [2.75, 3.05) is 32.7 Å². The van der Waals surface area contributed by atoms with Gasteiger partial charge in [-0.1, -0.05) is 20.3 Å². The van der Waals surface area contributed by atoms with E-state index in [1.54, 1.807) is 6.07 Å². The second kappa shape index (κ2) is 8.99. The zero-order valence-electron chi connectivity index (χ0n) is 18.1. The Hall–Kier alpha value is -1.69. The summed E-state index contributed by atoms with van der Waals surface area (Å²) in [6.45, 7) is 9.38. The third-order valence-corrected chi connectivity index (χ3v) is 6.89. The zero-order valence-corrected chi connectivity index (χ0v) is 18.1. The zero-order chi connectivity index (χ0) is 20.4. The largest absolute Gasteiger partial charge is 0.341 e. The van der Waals surface area contributed by atoms with Crippen molar-refractivity contribution in [1.29, 1.82) is 0 Å². The smallest absolute Gasteiger partial charge is 0.253 e. The predicted molar refractivity (Wildman–Crippen MR) is 114 cm³/mol. The molecule has 6 nitrogen and oxygen atoms in total. The van der Waals surface area contributed by atoms with Crippen LogP contribution in [0.1, 0.15) is 69.8 Å². The number of hydrogen-bond donors (Lipinski definition) is 0. The Bertz CT molecular complexity index is 780. The molecule has 6 heteroatoms. The van der Waals surface area contributed by atoms with Crippen LogP contribution in [0.5, 0.6) is 0 Å². The Labute approximate surface area is 174 Å². The maximum Gasteiger partial charge on any atom is 0.253 e. The maximum atomic E-state index is 12.9. The van der Waals surface area contributed by atoms with Gasteiger partial charge in [0.05, 0.1) is 12.2 Å². The minimum Gasteiger partial charge on any atom is -0.341 e. The van der Waals surface area contributed by atoms with Crippen molar-refractivity contribution in [3.8, 4) is 0 Å². The van der Waals surface area contributed by atoms with Gasteiger partial charge in [0.15, 0.2) is 0 Å². The number of aromatic nitrogens is 2. The number of amides is 1. The molecule has 0 spiro atoms. The van der Waals surface area contributed by atoms with Crippen LogP contribution in [0.25, 0.3) is 0 Å². The molecule has 1 amide bonds. The predicted octanol–water partition coefficient (Wildman–Crippen LogP) is 2.65. The number of carbonyl (C=O) groups excluding carboxylic acids is 1. The van der Waals surface area contributed by atoms with Gasteiger partial charge in [0, 0.05) is 44.6 Å². The summed E-state index contributed by atoms with van der Waals surface area (Å²) in [7, 11) is 0. The van der Waals surface area contributed by atoms with E-state index in [0.717, 1.165) is 76.3 Å². The van der Waals surface area contributed by atoms with Gasteiger partial charge in [-0.25, -0.2) is 4.98 Å². The third kappa shape index (κ3) is 4.90. The topological polar surface area (TPSA) is 58.4 Å².